The van der Waals surface area contributed by atoms with Crippen LogP contribution in [0.25, 0.3) is 0 Å². The van der Waals surface area contributed by atoms with Gasteiger partial charge in [0.1, 0.15) is 0 Å². The predicted octanol–water partition coefficient (Wildman–Crippen LogP) is 3.66. The number of amides is 1. The van der Waals surface area contributed by atoms with Crippen molar-refractivity contribution >= 4 is 11.6 Å². The van der Waals surface area contributed by atoms with Gasteiger partial charge in [0.2, 0.25) is 5.91 Å². The first-order chi connectivity index (χ1) is 9.70. The van der Waals surface area contributed by atoms with Crippen molar-refractivity contribution < 1.29 is 4.79 Å². The second-order valence-corrected chi connectivity index (χ2v) is 5.55. The van der Waals surface area contributed by atoms with E-state index in [1.54, 1.807) is 0 Å². The fraction of sp³-hybridized carbons (Fsp3) is 0.278. The Morgan fingerprint density at radius 2 is 1.95 bits per heavy atom. The smallest absolute Gasteiger partial charge is 0.228 e. The Labute approximate surface area is 119 Å². The molecule has 20 heavy (non-hydrogen) atoms. The van der Waals surface area contributed by atoms with Gasteiger partial charge in [-0.15, -0.1) is 0 Å². The molecule has 2 heteroatoms. The summed E-state index contributed by atoms with van der Waals surface area (Å²) < 4.78 is 0. The van der Waals surface area contributed by atoms with Gasteiger partial charge < -0.3 is 5.32 Å². The molecule has 0 heterocycles. The molecule has 2 aromatic carbocycles. The molecule has 1 N–H and O–H groups in total. The number of nitrogens with one attached hydrogen (secondary N) is 1. The van der Waals surface area contributed by atoms with Crippen molar-refractivity contribution in [3.8, 4) is 0 Å². The third kappa shape index (κ3) is 2.90. The minimum absolute atomic E-state index is 0.0496. The molecule has 1 aliphatic carbocycles. The molecular formula is C18H19NO. The Hall–Kier alpha value is -2.09. The van der Waals surface area contributed by atoms with Crippen LogP contribution >= 0.6 is 0 Å². The quantitative estimate of drug-likeness (QED) is 0.901. The Morgan fingerprint density at radius 3 is 2.80 bits per heavy atom. The summed E-state index contributed by atoms with van der Waals surface area (Å²) >= 11 is 0. The van der Waals surface area contributed by atoms with Crippen LogP contribution in [0.15, 0.2) is 42.5 Å². The van der Waals surface area contributed by atoms with Gasteiger partial charge in [-0.2, -0.15) is 0 Å². The van der Waals surface area contributed by atoms with E-state index in [-0.39, 0.29) is 5.91 Å². The normalized spacial score (nSPS) is 13.1. The predicted molar refractivity (Wildman–Crippen MR) is 82.0 cm³/mol. The van der Waals surface area contributed by atoms with Crippen molar-refractivity contribution in [3.05, 3.63) is 64.7 Å². The van der Waals surface area contributed by atoms with Gasteiger partial charge in [-0.25, -0.2) is 0 Å². The molecule has 0 saturated heterocycles. The van der Waals surface area contributed by atoms with Crippen LogP contribution < -0.4 is 5.32 Å². The molecule has 3 rings (SSSR count). The zero-order valence-corrected chi connectivity index (χ0v) is 11.8. The van der Waals surface area contributed by atoms with Crippen molar-refractivity contribution in [2.45, 2.75) is 32.6 Å². The summed E-state index contributed by atoms with van der Waals surface area (Å²) in [6, 6.07) is 14.3. The van der Waals surface area contributed by atoms with E-state index in [0.717, 1.165) is 23.2 Å². The number of carbonyl (C=O) groups excluding carboxylic acids is 1. The maximum atomic E-state index is 12.1. The van der Waals surface area contributed by atoms with Gasteiger partial charge in [-0.05, 0) is 60.6 Å². The summed E-state index contributed by atoms with van der Waals surface area (Å²) in [5, 5.41) is 2.96. The third-order valence-electron chi connectivity index (χ3n) is 3.83. The molecular weight excluding hydrogens is 246 g/mol. The van der Waals surface area contributed by atoms with E-state index >= 15 is 0 Å². The molecule has 1 aliphatic rings. The fourth-order valence-corrected chi connectivity index (χ4v) is 2.85. The highest BCUT2D eigenvalue weighted by molar-refractivity contribution is 5.92. The lowest BCUT2D eigenvalue weighted by molar-refractivity contribution is -0.115. The Morgan fingerprint density at radius 1 is 1.10 bits per heavy atom. The third-order valence-corrected chi connectivity index (χ3v) is 3.83. The number of rotatable bonds is 3. The number of fused-ring (bicyclic) bond motifs is 1. The minimum atomic E-state index is 0.0496. The first-order valence-electron chi connectivity index (χ1n) is 7.18. The first kappa shape index (κ1) is 12.9. The number of carbonyl (C=O) groups is 1. The lowest BCUT2D eigenvalue weighted by Gasteiger charge is -2.07. The fourth-order valence-electron chi connectivity index (χ4n) is 2.85. The van der Waals surface area contributed by atoms with Crippen LogP contribution in [-0.4, -0.2) is 5.91 Å². The van der Waals surface area contributed by atoms with E-state index in [1.807, 2.05) is 31.2 Å². The summed E-state index contributed by atoms with van der Waals surface area (Å²) in [6.45, 7) is 2.02. The second-order valence-electron chi connectivity index (χ2n) is 5.55. The van der Waals surface area contributed by atoms with Gasteiger partial charge in [0, 0.05) is 5.69 Å². The molecule has 2 nitrogen and oxygen atoms in total. The van der Waals surface area contributed by atoms with Crippen LogP contribution in [0.5, 0.6) is 0 Å². The van der Waals surface area contributed by atoms with E-state index in [9.17, 15) is 4.79 Å². The van der Waals surface area contributed by atoms with Crippen molar-refractivity contribution in [3.63, 3.8) is 0 Å². The van der Waals surface area contributed by atoms with Crippen molar-refractivity contribution in [2.24, 2.45) is 0 Å². The molecule has 0 saturated carbocycles. The Bertz CT molecular complexity index is 646. The van der Waals surface area contributed by atoms with Crippen molar-refractivity contribution in [1.29, 1.82) is 0 Å². The number of benzene rings is 2. The molecule has 2 aromatic rings. The molecule has 0 radical (unpaired) electrons. The van der Waals surface area contributed by atoms with E-state index in [4.69, 9.17) is 0 Å². The molecule has 0 aromatic heterocycles. The van der Waals surface area contributed by atoms with Gasteiger partial charge >= 0.3 is 0 Å². The number of hydrogen-bond donors (Lipinski definition) is 1. The van der Waals surface area contributed by atoms with Gasteiger partial charge in [0.25, 0.3) is 0 Å². The summed E-state index contributed by atoms with van der Waals surface area (Å²) in [4.78, 5) is 12.1. The standard InChI is InChI=1S/C18H19NO/c1-13-4-2-7-17(10-13)19-18(20)12-14-8-9-15-5-3-6-16(15)11-14/h2,4,7-11H,3,5-6,12H2,1H3,(H,19,20). The number of aryl methyl sites for hydroxylation is 3. The molecule has 0 spiro atoms. The van der Waals surface area contributed by atoms with Crippen LogP contribution in [0, 0.1) is 6.92 Å². The van der Waals surface area contributed by atoms with Gasteiger partial charge in [-0.3, -0.25) is 4.79 Å². The van der Waals surface area contributed by atoms with Crippen LogP contribution in [0.2, 0.25) is 0 Å². The second kappa shape index (κ2) is 5.49. The molecule has 0 bridgehead atoms. The van der Waals surface area contributed by atoms with Crippen LogP contribution in [-0.2, 0) is 24.1 Å². The zero-order chi connectivity index (χ0) is 13.9. The maximum Gasteiger partial charge on any atom is 0.228 e. The largest absolute Gasteiger partial charge is 0.326 e. The zero-order valence-electron chi connectivity index (χ0n) is 11.8. The van der Waals surface area contributed by atoms with E-state index in [0.29, 0.717) is 6.42 Å². The van der Waals surface area contributed by atoms with Crippen LogP contribution in [0.3, 0.4) is 0 Å². The first-order valence-corrected chi connectivity index (χ1v) is 7.18. The van der Waals surface area contributed by atoms with Crippen LogP contribution in [0.4, 0.5) is 5.69 Å². The highest BCUT2D eigenvalue weighted by Crippen LogP contribution is 2.23. The SMILES string of the molecule is Cc1cccc(NC(=O)Cc2ccc3c(c2)CCC3)c1. The topological polar surface area (TPSA) is 29.1 Å². The summed E-state index contributed by atoms with van der Waals surface area (Å²) in [7, 11) is 0. The monoisotopic (exact) mass is 265 g/mol. The molecule has 0 fully saturated rings. The molecule has 0 unspecified atom stereocenters. The molecule has 1 amide bonds. The highest BCUT2D eigenvalue weighted by Gasteiger charge is 2.12. The summed E-state index contributed by atoms with van der Waals surface area (Å²) in [5.74, 6) is 0.0496. The Kier molecular flexibility index (Phi) is 3.55. The van der Waals surface area contributed by atoms with Gasteiger partial charge in [-0.1, -0.05) is 30.3 Å². The number of hydrogen-bond acceptors (Lipinski definition) is 1. The summed E-state index contributed by atoms with van der Waals surface area (Å²) in [5.41, 5.74) is 6.01. The molecule has 0 aliphatic heterocycles. The van der Waals surface area contributed by atoms with Gasteiger partial charge in [0.05, 0.1) is 6.42 Å². The average molecular weight is 265 g/mol. The van der Waals surface area contributed by atoms with E-state index in [2.05, 4.69) is 23.5 Å². The van der Waals surface area contributed by atoms with E-state index < -0.39 is 0 Å². The van der Waals surface area contributed by atoms with E-state index in [1.165, 1.54) is 24.0 Å². The Balaban J connectivity index is 1.67. The molecule has 0 atom stereocenters. The molecule has 102 valence electrons. The lowest BCUT2D eigenvalue weighted by Crippen LogP contribution is -2.14. The van der Waals surface area contributed by atoms with Gasteiger partial charge in [0.15, 0.2) is 0 Å². The average Bonchev–Trinajstić information content (AvgIpc) is 2.86. The number of anilines is 1. The maximum absolute atomic E-state index is 12.1. The minimum Gasteiger partial charge on any atom is -0.326 e. The van der Waals surface area contributed by atoms with Crippen LogP contribution in [0.1, 0.15) is 28.7 Å². The highest BCUT2D eigenvalue weighted by atomic mass is 16.1. The lowest BCUT2D eigenvalue weighted by atomic mass is 10.0. The summed E-state index contributed by atoms with van der Waals surface area (Å²) in [6.07, 6.45) is 4.03. The van der Waals surface area contributed by atoms with Crippen molar-refractivity contribution in [1.82, 2.24) is 0 Å². The van der Waals surface area contributed by atoms with Crippen molar-refractivity contribution in [2.75, 3.05) is 5.32 Å².